The van der Waals surface area contributed by atoms with Crippen LogP contribution in [0.5, 0.6) is 0 Å². The van der Waals surface area contributed by atoms with E-state index >= 15 is 0 Å². The molecular formula is C23H18N2O5. The molecule has 7 nitrogen and oxygen atoms in total. The number of allylic oxidation sites excluding steroid dienone is 2. The van der Waals surface area contributed by atoms with Gasteiger partial charge in [0.2, 0.25) is 11.8 Å². The molecular weight excluding hydrogens is 384 g/mol. The van der Waals surface area contributed by atoms with Gasteiger partial charge < -0.3 is 10.4 Å². The largest absolute Gasteiger partial charge is 0.478 e. The van der Waals surface area contributed by atoms with Gasteiger partial charge in [-0.05, 0) is 60.7 Å². The second-order valence-electron chi connectivity index (χ2n) is 7.90. The number of carbonyl (C=O) groups is 4. The van der Waals surface area contributed by atoms with E-state index in [1.54, 1.807) is 18.2 Å². The van der Waals surface area contributed by atoms with Crippen LogP contribution in [0.25, 0.3) is 0 Å². The van der Waals surface area contributed by atoms with Crippen LogP contribution in [0.2, 0.25) is 0 Å². The smallest absolute Gasteiger partial charge is 0.335 e. The highest BCUT2D eigenvalue weighted by Gasteiger charge is 2.59. The van der Waals surface area contributed by atoms with Crippen molar-refractivity contribution in [2.45, 2.75) is 6.42 Å². The number of nitrogens with zero attached hydrogens (tertiary/aromatic N) is 1. The first kappa shape index (κ1) is 18.3. The lowest BCUT2D eigenvalue weighted by molar-refractivity contribution is -0.123. The minimum absolute atomic E-state index is 0.120. The van der Waals surface area contributed by atoms with Crippen molar-refractivity contribution < 1.29 is 24.3 Å². The summed E-state index contributed by atoms with van der Waals surface area (Å²) in [6.45, 7) is 0. The number of fused-ring (bicyclic) bond motifs is 5. The maximum Gasteiger partial charge on any atom is 0.335 e. The van der Waals surface area contributed by atoms with Crippen LogP contribution in [-0.4, -0.2) is 28.8 Å². The minimum atomic E-state index is -1.05. The molecule has 1 aliphatic heterocycles. The molecule has 1 saturated carbocycles. The molecule has 1 saturated heterocycles. The summed E-state index contributed by atoms with van der Waals surface area (Å²) in [5.74, 6) is -2.18. The third-order valence-corrected chi connectivity index (χ3v) is 6.23. The first-order valence-corrected chi connectivity index (χ1v) is 9.75. The fraction of sp³-hybridized carbons (Fsp3) is 0.217. The Morgan fingerprint density at radius 1 is 0.900 bits per heavy atom. The number of carbonyl (C=O) groups excluding carboxylic acids is 3. The van der Waals surface area contributed by atoms with Crippen LogP contribution in [-0.2, 0) is 9.59 Å². The van der Waals surface area contributed by atoms with Gasteiger partial charge in [-0.25, -0.2) is 9.69 Å². The predicted octanol–water partition coefficient (Wildman–Crippen LogP) is 2.95. The SMILES string of the molecule is O=C(O)c1ccc(NC(=O)c2cccc(N3C(=O)[C@@H]4[C@@H](C3=O)[C@H]3C=C[C@H]4C3)c2)cc1. The normalized spacial score (nSPS) is 26.2. The van der Waals surface area contributed by atoms with Crippen LogP contribution < -0.4 is 10.2 Å². The van der Waals surface area contributed by atoms with E-state index in [0.717, 1.165) is 6.42 Å². The summed E-state index contributed by atoms with van der Waals surface area (Å²) in [5, 5.41) is 11.7. The highest BCUT2D eigenvalue weighted by molar-refractivity contribution is 6.23. The van der Waals surface area contributed by atoms with Crippen LogP contribution in [0.3, 0.4) is 0 Å². The molecule has 2 aromatic rings. The Bertz CT molecular complexity index is 1090. The summed E-state index contributed by atoms with van der Waals surface area (Å²) in [6, 6.07) is 12.2. The van der Waals surface area contributed by atoms with Crippen molar-refractivity contribution in [2.24, 2.45) is 23.7 Å². The maximum absolute atomic E-state index is 13.0. The van der Waals surface area contributed by atoms with Crippen molar-refractivity contribution in [3.63, 3.8) is 0 Å². The van der Waals surface area contributed by atoms with Gasteiger partial charge in [0.05, 0.1) is 23.1 Å². The van der Waals surface area contributed by atoms with Gasteiger partial charge in [0.1, 0.15) is 0 Å². The Labute approximate surface area is 172 Å². The third-order valence-electron chi connectivity index (χ3n) is 6.23. The van der Waals surface area contributed by atoms with Crippen LogP contribution in [0.15, 0.2) is 60.7 Å². The molecule has 2 fully saturated rings. The van der Waals surface area contributed by atoms with Gasteiger partial charge in [0.25, 0.3) is 5.91 Å². The zero-order chi connectivity index (χ0) is 21.0. The molecule has 0 aromatic heterocycles. The number of aromatic carboxylic acids is 1. The van der Waals surface area contributed by atoms with Gasteiger partial charge in [-0.2, -0.15) is 0 Å². The van der Waals surface area contributed by atoms with E-state index in [1.807, 2.05) is 12.2 Å². The summed E-state index contributed by atoms with van der Waals surface area (Å²) in [4.78, 5) is 50.7. The van der Waals surface area contributed by atoms with Crippen molar-refractivity contribution in [1.82, 2.24) is 0 Å². The number of hydrogen-bond acceptors (Lipinski definition) is 4. The Morgan fingerprint density at radius 2 is 1.53 bits per heavy atom. The molecule has 2 bridgehead atoms. The minimum Gasteiger partial charge on any atom is -0.478 e. The summed E-state index contributed by atoms with van der Waals surface area (Å²) < 4.78 is 0. The molecule has 0 radical (unpaired) electrons. The van der Waals surface area contributed by atoms with Gasteiger partial charge in [0, 0.05) is 11.3 Å². The van der Waals surface area contributed by atoms with Crippen molar-refractivity contribution in [2.75, 3.05) is 10.2 Å². The van der Waals surface area contributed by atoms with Gasteiger partial charge in [-0.1, -0.05) is 18.2 Å². The van der Waals surface area contributed by atoms with E-state index in [9.17, 15) is 19.2 Å². The van der Waals surface area contributed by atoms with E-state index in [2.05, 4.69) is 5.32 Å². The van der Waals surface area contributed by atoms with Crippen molar-refractivity contribution in [3.05, 3.63) is 71.8 Å². The van der Waals surface area contributed by atoms with Gasteiger partial charge in [-0.15, -0.1) is 0 Å². The van der Waals surface area contributed by atoms with E-state index in [0.29, 0.717) is 16.9 Å². The average molecular weight is 402 g/mol. The van der Waals surface area contributed by atoms with E-state index in [4.69, 9.17) is 5.11 Å². The topological polar surface area (TPSA) is 104 Å². The quantitative estimate of drug-likeness (QED) is 0.605. The molecule has 2 N–H and O–H groups in total. The zero-order valence-corrected chi connectivity index (χ0v) is 15.8. The number of imide groups is 1. The number of carboxylic acid groups (broad SMARTS) is 1. The Morgan fingerprint density at radius 3 is 2.13 bits per heavy atom. The first-order chi connectivity index (χ1) is 14.4. The summed E-state index contributed by atoms with van der Waals surface area (Å²) in [6.07, 6.45) is 4.95. The molecule has 1 heterocycles. The molecule has 30 heavy (non-hydrogen) atoms. The Hall–Kier alpha value is -3.74. The number of hydrogen-bond donors (Lipinski definition) is 2. The summed E-state index contributed by atoms with van der Waals surface area (Å²) in [7, 11) is 0. The van der Waals surface area contributed by atoms with Crippen molar-refractivity contribution in [1.29, 1.82) is 0 Å². The highest BCUT2D eigenvalue weighted by Crippen LogP contribution is 2.53. The fourth-order valence-electron chi connectivity index (χ4n) is 4.84. The van der Waals surface area contributed by atoms with Crippen molar-refractivity contribution >= 4 is 35.1 Å². The Kier molecular flexibility index (Phi) is 4.06. The predicted molar refractivity (Wildman–Crippen MR) is 108 cm³/mol. The molecule has 150 valence electrons. The lowest BCUT2D eigenvalue weighted by Crippen LogP contribution is -2.33. The maximum atomic E-state index is 13.0. The van der Waals surface area contributed by atoms with Gasteiger partial charge >= 0.3 is 5.97 Å². The highest BCUT2D eigenvalue weighted by atomic mass is 16.4. The molecule has 2 aliphatic carbocycles. The van der Waals surface area contributed by atoms with Gasteiger partial charge in [-0.3, -0.25) is 14.4 Å². The van der Waals surface area contributed by atoms with Gasteiger partial charge in [0.15, 0.2) is 0 Å². The fourth-order valence-corrected chi connectivity index (χ4v) is 4.84. The van der Waals surface area contributed by atoms with Crippen LogP contribution >= 0.6 is 0 Å². The number of anilines is 2. The standard InChI is InChI=1S/C23H18N2O5/c26-20(24-16-8-6-12(7-9-16)23(29)30)15-2-1-3-17(11-15)25-21(27)18-13-4-5-14(10-13)19(18)22(25)28/h1-9,11,13-14,18-19H,10H2,(H,24,26)(H,29,30)/t13-,14-,18-,19-/m0/s1. The number of nitrogens with one attached hydrogen (secondary N) is 1. The number of benzene rings is 2. The number of amides is 3. The summed E-state index contributed by atoms with van der Waals surface area (Å²) >= 11 is 0. The second kappa shape index (κ2) is 6.66. The molecule has 0 unspecified atom stereocenters. The van der Waals surface area contributed by atoms with Crippen LogP contribution in [0.4, 0.5) is 11.4 Å². The molecule has 5 rings (SSSR count). The molecule has 7 heteroatoms. The summed E-state index contributed by atoms with van der Waals surface area (Å²) in [5.41, 5.74) is 1.26. The molecule has 3 aliphatic rings. The van der Waals surface area contributed by atoms with E-state index in [1.165, 1.54) is 35.2 Å². The first-order valence-electron chi connectivity index (χ1n) is 9.75. The van der Waals surface area contributed by atoms with E-state index < -0.39 is 11.9 Å². The molecule has 4 atom stereocenters. The second-order valence-corrected chi connectivity index (χ2v) is 7.90. The van der Waals surface area contributed by atoms with Crippen LogP contribution in [0, 0.1) is 23.7 Å². The van der Waals surface area contributed by atoms with Crippen molar-refractivity contribution in [3.8, 4) is 0 Å². The Balaban J connectivity index is 1.37. The molecule has 2 aromatic carbocycles. The third kappa shape index (κ3) is 2.74. The monoisotopic (exact) mass is 402 g/mol. The molecule has 0 spiro atoms. The zero-order valence-electron chi connectivity index (χ0n) is 15.8. The number of carboxylic acids is 1. The molecule has 3 amide bonds. The lowest BCUT2D eigenvalue weighted by Gasteiger charge is -2.18. The average Bonchev–Trinajstić information content (AvgIpc) is 3.42. The lowest BCUT2D eigenvalue weighted by atomic mass is 9.85. The van der Waals surface area contributed by atoms with Crippen LogP contribution in [0.1, 0.15) is 27.1 Å². The number of rotatable bonds is 4. The van der Waals surface area contributed by atoms with E-state index in [-0.39, 0.29) is 41.0 Å².